The molecule has 11 heteroatoms. The summed E-state index contributed by atoms with van der Waals surface area (Å²) in [6.45, 7) is 0. The summed E-state index contributed by atoms with van der Waals surface area (Å²) in [6.07, 6.45) is -0.0507. The van der Waals surface area contributed by atoms with Gasteiger partial charge in [-0.05, 0) is 37.1 Å². The number of aromatic nitrogens is 1. The lowest BCUT2D eigenvalue weighted by molar-refractivity contribution is -0.137. The SMILES string of the molecule is O=C1NC2(CCCCC2)C(=O)N1/N=C/c1c(O)n(-c2cccc(C(F)(F)F)c2)c(=O)c2ccccc12. The molecule has 1 spiro atoms. The van der Waals surface area contributed by atoms with E-state index in [1.807, 2.05) is 0 Å². The van der Waals surface area contributed by atoms with Crippen LogP contribution in [0.15, 0.2) is 58.4 Å². The van der Waals surface area contributed by atoms with Crippen molar-refractivity contribution in [3.05, 3.63) is 70.0 Å². The van der Waals surface area contributed by atoms with Crippen LogP contribution >= 0.6 is 0 Å². The van der Waals surface area contributed by atoms with Crippen molar-refractivity contribution in [2.75, 3.05) is 0 Å². The number of nitrogens with zero attached hydrogens (tertiary/aromatic N) is 3. The highest BCUT2D eigenvalue weighted by atomic mass is 19.4. The first kappa shape index (κ1) is 23.6. The number of benzene rings is 2. The number of hydrogen-bond donors (Lipinski definition) is 2. The number of carbonyl (C=O) groups is 2. The van der Waals surface area contributed by atoms with Crippen LogP contribution in [-0.4, -0.2) is 38.4 Å². The number of imide groups is 1. The van der Waals surface area contributed by atoms with Crippen LogP contribution in [-0.2, 0) is 11.0 Å². The minimum Gasteiger partial charge on any atom is -0.494 e. The number of rotatable bonds is 3. The van der Waals surface area contributed by atoms with E-state index in [1.165, 1.54) is 18.2 Å². The van der Waals surface area contributed by atoms with Gasteiger partial charge in [-0.25, -0.2) is 9.36 Å². The molecule has 2 N–H and O–H groups in total. The number of alkyl halides is 3. The topological polar surface area (TPSA) is 104 Å². The number of halogens is 3. The molecule has 8 nitrogen and oxygen atoms in total. The highest BCUT2D eigenvalue weighted by Crippen LogP contribution is 2.35. The van der Waals surface area contributed by atoms with Gasteiger partial charge in [0, 0.05) is 10.8 Å². The van der Waals surface area contributed by atoms with E-state index in [4.69, 9.17) is 0 Å². The van der Waals surface area contributed by atoms with E-state index < -0.39 is 40.7 Å². The van der Waals surface area contributed by atoms with Gasteiger partial charge in [0.15, 0.2) is 0 Å². The predicted octanol–water partition coefficient (Wildman–Crippen LogP) is 4.30. The molecule has 2 aromatic carbocycles. The molecular formula is C25H21F3N4O4. The monoisotopic (exact) mass is 498 g/mol. The second kappa shape index (κ2) is 8.51. The molecule has 5 rings (SSSR count). The minimum absolute atomic E-state index is 0.0344. The number of aromatic hydroxyl groups is 1. The molecule has 1 aliphatic heterocycles. The third-order valence-corrected chi connectivity index (χ3v) is 6.68. The van der Waals surface area contributed by atoms with Gasteiger partial charge < -0.3 is 10.4 Å². The van der Waals surface area contributed by atoms with E-state index in [0.717, 1.165) is 48.2 Å². The maximum absolute atomic E-state index is 13.3. The Bertz CT molecular complexity index is 1470. The van der Waals surface area contributed by atoms with Crippen molar-refractivity contribution in [1.82, 2.24) is 14.9 Å². The van der Waals surface area contributed by atoms with Gasteiger partial charge in [-0.15, -0.1) is 5.01 Å². The Hall–Kier alpha value is -4.15. The van der Waals surface area contributed by atoms with E-state index >= 15 is 0 Å². The quantitative estimate of drug-likeness (QED) is 0.415. The fourth-order valence-corrected chi connectivity index (χ4v) is 4.87. The first-order valence-corrected chi connectivity index (χ1v) is 11.4. The van der Waals surface area contributed by atoms with Gasteiger partial charge in [0.2, 0.25) is 5.88 Å². The molecule has 3 amide bonds. The lowest BCUT2D eigenvalue weighted by Crippen LogP contribution is -2.48. The fraction of sp³-hybridized carbons (Fsp3) is 0.280. The number of hydrazone groups is 1. The lowest BCUT2D eigenvalue weighted by Gasteiger charge is -2.29. The van der Waals surface area contributed by atoms with Gasteiger partial charge in [-0.3, -0.25) is 9.59 Å². The third-order valence-electron chi connectivity index (χ3n) is 6.68. The van der Waals surface area contributed by atoms with Crippen LogP contribution in [0.3, 0.4) is 0 Å². The third kappa shape index (κ3) is 3.80. The Kier molecular flexibility index (Phi) is 5.57. The second-order valence-corrected chi connectivity index (χ2v) is 8.91. The van der Waals surface area contributed by atoms with Crippen molar-refractivity contribution in [2.45, 2.75) is 43.8 Å². The molecule has 0 unspecified atom stereocenters. The van der Waals surface area contributed by atoms with Crippen molar-refractivity contribution in [3.63, 3.8) is 0 Å². The van der Waals surface area contributed by atoms with E-state index in [2.05, 4.69) is 10.4 Å². The highest BCUT2D eigenvalue weighted by Gasteiger charge is 2.51. The van der Waals surface area contributed by atoms with Gasteiger partial charge >= 0.3 is 12.2 Å². The van der Waals surface area contributed by atoms with E-state index in [1.54, 1.807) is 12.1 Å². The van der Waals surface area contributed by atoms with Gasteiger partial charge in [-0.1, -0.05) is 43.5 Å². The number of urea groups is 1. The summed E-state index contributed by atoms with van der Waals surface area (Å²) in [5.74, 6) is -1.18. The number of nitrogens with one attached hydrogen (secondary N) is 1. The fourth-order valence-electron chi connectivity index (χ4n) is 4.87. The Morgan fingerprint density at radius 3 is 2.36 bits per heavy atom. The maximum Gasteiger partial charge on any atom is 0.416 e. The number of hydrogen-bond acceptors (Lipinski definition) is 5. The molecule has 0 radical (unpaired) electrons. The molecule has 1 saturated carbocycles. The molecule has 1 saturated heterocycles. The number of amides is 3. The summed E-state index contributed by atoms with van der Waals surface area (Å²) in [6, 6.07) is 9.47. The Morgan fingerprint density at radius 1 is 0.972 bits per heavy atom. The molecule has 2 fully saturated rings. The molecule has 0 atom stereocenters. The van der Waals surface area contributed by atoms with Gasteiger partial charge in [0.25, 0.3) is 11.5 Å². The average molecular weight is 498 g/mol. The minimum atomic E-state index is -4.66. The normalized spacial score (nSPS) is 17.9. The van der Waals surface area contributed by atoms with Crippen molar-refractivity contribution in [1.29, 1.82) is 0 Å². The smallest absolute Gasteiger partial charge is 0.416 e. The van der Waals surface area contributed by atoms with Crippen LogP contribution in [0.5, 0.6) is 5.88 Å². The lowest BCUT2D eigenvalue weighted by atomic mass is 9.82. The van der Waals surface area contributed by atoms with E-state index in [0.29, 0.717) is 17.9 Å². The van der Waals surface area contributed by atoms with Gasteiger partial charge in [0.1, 0.15) is 5.54 Å². The molecule has 3 aromatic rings. The average Bonchev–Trinajstić information content (AvgIpc) is 3.07. The summed E-state index contributed by atoms with van der Waals surface area (Å²) in [4.78, 5) is 38.8. The molecule has 2 heterocycles. The summed E-state index contributed by atoms with van der Waals surface area (Å²) >= 11 is 0. The van der Waals surface area contributed by atoms with Crippen LogP contribution in [0.2, 0.25) is 0 Å². The zero-order valence-corrected chi connectivity index (χ0v) is 18.9. The van der Waals surface area contributed by atoms with Crippen LogP contribution in [0.25, 0.3) is 16.5 Å². The first-order chi connectivity index (χ1) is 17.1. The molecule has 186 valence electrons. The molecule has 1 aromatic heterocycles. The number of carbonyl (C=O) groups excluding carboxylic acids is 2. The predicted molar refractivity (Wildman–Crippen MR) is 125 cm³/mol. The Labute approximate surface area is 202 Å². The molecule has 1 aliphatic carbocycles. The van der Waals surface area contributed by atoms with Crippen LogP contribution < -0.4 is 10.9 Å². The van der Waals surface area contributed by atoms with Crippen molar-refractivity contribution < 1.29 is 27.9 Å². The van der Waals surface area contributed by atoms with E-state index in [9.17, 15) is 32.7 Å². The summed E-state index contributed by atoms with van der Waals surface area (Å²) in [5.41, 5.74) is -2.98. The van der Waals surface area contributed by atoms with E-state index in [-0.39, 0.29) is 22.0 Å². The second-order valence-electron chi connectivity index (χ2n) is 8.91. The van der Waals surface area contributed by atoms with Crippen LogP contribution in [0.1, 0.15) is 43.2 Å². The maximum atomic E-state index is 13.3. The zero-order valence-electron chi connectivity index (χ0n) is 18.9. The van der Waals surface area contributed by atoms with Gasteiger partial charge in [-0.2, -0.15) is 18.3 Å². The van der Waals surface area contributed by atoms with Crippen LogP contribution in [0.4, 0.5) is 18.0 Å². The van der Waals surface area contributed by atoms with Crippen molar-refractivity contribution >= 4 is 28.9 Å². The Morgan fingerprint density at radius 2 is 1.67 bits per heavy atom. The molecular weight excluding hydrogens is 477 g/mol. The summed E-state index contributed by atoms with van der Waals surface area (Å²) < 4.78 is 40.6. The highest BCUT2D eigenvalue weighted by molar-refractivity contribution is 6.08. The molecule has 36 heavy (non-hydrogen) atoms. The van der Waals surface area contributed by atoms with Crippen molar-refractivity contribution in [3.8, 4) is 11.6 Å². The number of fused-ring (bicyclic) bond motifs is 1. The largest absolute Gasteiger partial charge is 0.494 e. The zero-order chi connectivity index (χ0) is 25.7. The molecule has 0 bridgehead atoms. The molecule has 2 aliphatic rings. The first-order valence-electron chi connectivity index (χ1n) is 11.4. The summed E-state index contributed by atoms with van der Waals surface area (Å²) in [7, 11) is 0. The van der Waals surface area contributed by atoms with Crippen LogP contribution in [0, 0.1) is 0 Å². The van der Waals surface area contributed by atoms with Gasteiger partial charge in [0.05, 0.1) is 23.0 Å². The number of pyridine rings is 1. The van der Waals surface area contributed by atoms with Crippen molar-refractivity contribution in [2.24, 2.45) is 5.10 Å². The Balaban J connectivity index is 1.63. The standard InChI is InChI=1S/C25H21F3N4O4/c26-25(27,28)15-7-6-8-16(13-15)31-20(33)18-10-3-2-9-17(18)19(21(31)34)14-29-32-22(35)24(30-23(32)36)11-4-1-5-12-24/h2-3,6-10,13-14,34H,1,4-5,11-12H2,(H,30,36)/b29-14+. The summed E-state index contributed by atoms with van der Waals surface area (Å²) in [5, 5.41) is 18.9.